The molecule has 1 rings (SSSR count). The summed E-state index contributed by atoms with van der Waals surface area (Å²) < 4.78 is 21.7. The molecule has 0 aliphatic carbocycles. The largest absolute Gasteiger partial charge is 0.377 e. The van der Waals surface area contributed by atoms with Crippen molar-refractivity contribution in [2.75, 3.05) is 0 Å². The monoisotopic (exact) mass is 275 g/mol. The topological polar surface area (TPSA) is 154 Å². The van der Waals surface area contributed by atoms with Crippen LogP contribution in [0.1, 0.15) is 0 Å². The lowest BCUT2D eigenvalue weighted by atomic mass is 10.7. The van der Waals surface area contributed by atoms with E-state index in [4.69, 9.17) is 31.2 Å². The van der Waals surface area contributed by atoms with Gasteiger partial charge in [0.1, 0.15) is 5.30 Å². The van der Waals surface area contributed by atoms with Crippen molar-refractivity contribution in [2.24, 2.45) is 0 Å². The van der Waals surface area contributed by atoms with Gasteiger partial charge in [-0.2, -0.15) is 0 Å². The van der Waals surface area contributed by atoms with Gasteiger partial charge in [-0.1, -0.05) is 11.6 Å². The molecule has 0 radical (unpaired) electrons. The van der Waals surface area contributed by atoms with E-state index in [-0.39, 0.29) is 0 Å². The maximum atomic E-state index is 10.9. The summed E-state index contributed by atoms with van der Waals surface area (Å²) in [6, 6.07) is 0. The van der Waals surface area contributed by atoms with Gasteiger partial charge in [0.05, 0.1) is 0 Å². The van der Waals surface area contributed by atoms with Crippen LogP contribution in [0.25, 0.3) is 0 Å². The third-order valence-electron chi connectivity index (χ3n) is 1.25. The summed E-state index contributed by atoms with van der Waals surface area (Å²) in [5.41, 5.74) is -1.17. The highest BCUT2D eigenvalue weighted by atomic mass is 35.5. The van der Waals surface area contributed by atoms with Crippen LogP contribution in [0.2, 0.25) is 5.15 Å². The lowest BCUT2D eigenvalue weighted by Crippen LogP contribution is -2.31. The third-order valence-corrected chi connectivity index (χ3v) is 3.69. The molecule has 0 amide bonds. The fraction of sp³-hybridized carbons (Fsp3) is 0. The van der Waals surface area contributed by atoms with E-state index < -0.39 is 31.1 Å². The van der Waals surface area contributed by atoms with Crippen molar-refractivity contribution >= 4 is 37.5 Å². The molecule has 84 valence electrons. The normalized spacial score (nSPS) is 12.9. The Hall–Kier alpha value is -0.400. The number of hydrogen-bond acceptors (Lipinski definition) is 5. The summed E-state index contributed by atoms with van der Waals surface area (Å²) in [4.78, 5) is 35.1. The molecule has 0 spiro atoms. The molecule has 15 heavy (non-hydrogen) atoms. The predicted molar refractivity (Wildman–Crippen MR) is 48.2 cm³/mol. The molecule has 0 aromatic carbocycles. The summed E-state index contributed by atoms with van der Waals surface area (Å²) in [6.45, 7) is 0. The molecule has 0 saturated heterocycles. The van der Waals surface area contributed by atoms with Gasteiger partial charge >= 0.3 is 15.2 Å². The zero-order valence-corrected chi connectivity index (χ0v) is 9.26. The zero-order valence-electron chi connectivity index (χ0n) is 6.72. The standard InChI is InChI=1S/C3H4ClN3O6P2/c4-2-1(14(8,9)10)3(6-7-5-2)15(11,12)13/h(H2,8,9,10)(H2,11,12,13). The van der Waals surface area contributed by atoms with Gasteiger partial charge in [0.2, 0.25) is 0 Å². The summed E-state index contributed by atoms with van der Waals surface area (Å²) in [6.07, 6.45) is 0. The molecule has 1 aromatic heterocycles. The number of hydrogen-bond donors (Lipinski definition) is 4. The van der Waals surface area contributed by atoms with E-state index in [2.05, 4.69) is 15.4 Å². The van der Waals surface area contributed by atoms with Gasteiger partial charge in [0.25, 0.3) is 0 Å². The minimum atomic E-state index is -4.98. The van der Waals surface area contributed by atoms with Gasteiger partial charge in [0.15, 0.2) is 10.6 Å². The van der Waals surface area contributed by atoms with Crippen molar-refractivity contribution < 1.29 is 28.7 Å². The molecule has 1 aromatic rings. The number of rotatable bonds is 2. The molecule has 0 saturated carbocycles. The number of aromatic nitrogens is 3. The van der Waals surface area contributed by atoms with Crippen molar-refractivity contribution in [3.8, 4) is 0 Å². The van der Waals surface area contributed by atoms with Gasteiger partial charge in [-0.25, -0.2) is 0 Å². The van der Waals surface area contributed by atoms with Gasteiger partial charge in [-0.05, 0) is 5.21 Å². The molecule has 0 fully saturated rings. The fourth-order valence-corrected chi connectivity index (χ4v) is 3.17. The molecule has 12 heteroatoms. The molecule has 0 atom stereocenters. The molecule has 0 bridgehead atoms. The first-order chi connectivity index (χ1) is 6.64. The maximum Gasteiger partial charge on any atom is 0.377 e. The minimum absolute atomic E-state index is 0.795. The Morgan fingerprint density at radius 3 is 1.87 bits per heavy atom. The molecule has 0 aliphatic heterocycles. The molecule has 0 unspecified atom stereocenters. The maximum absolute atomic E-state index is 10.9. The first kappa shape index (κ1) is 12.7. The van der Waals surface area contributed by atoms with Crippen LogP contribution in [0.15, 0.2) is 0 Å². The Morgan fingerprint density at radius 1 is 1.00 bits per heavy atom. The van der Waals surface area contributed by atoms with E-state index >= 15 is 0 Å². The minimum Gasteiger partial charge on any atom is -0.321 e. The van der Waals surface area contributed by atoms with Crippen molar-refractivity contribution in [2.45, 2.75) is 0 Å². The molecule has 4 N–H and O–H groups in total. The number of nitrogens with zero attached hydrogens (tertiary/aromatic N) is 3. The first-order valence-electron chi connectivity index (χ1n) is 3.15. The molecule has 1 heterocycles. The SMILES string of the molecule is O=P(O)(O)c1nnnc(Cl)c1P(=O)(O)O. The van der Waals surface area contributed by atoms with Crippen molar-refractivity contribution in [1.29, 1.82) is 0 Å². The quantitative estimate of drug-likeness (QED) is 0.454. The lowest BCUT2D eigenvalue weighted by molar-refractivity contribution is 0.379. The Morgan fingerprint density at radius 2 is 1.53 bits per heavy atom. The second-order valence-electron chi connectivity index (χ2n) is 2.34. The van der Waals surface area contributed by atoms with Crippen LogP contribution in [0, 0.1) is 0 Å². The van der Waals surface area contributed by atoms with Gasteiger partial charge < -0.3 is 19.6 Å². The van der Waals surface area contributed by atoms with Gasteiger partial charge in [-0.3, -0.25) is 9.13 Å². The smallest absolute Gasteiger partial charge is 0.321 e. The molecular formula is C3H4ClN3O6P2. The Kier molecular flexibility index (Phi) is 3.27. The number of halogens is 1. The summed E-state index contributed by atoms with van der Waals surface area (Å²) in [5, 5.41) is 6.82. The van der Waals surface area contributed by atoms with E-state index in [1.54, 1.807) is 0 Å². The average molecular weight is 275 g/mol. The van der Waals surface area contributed by atoms with Gasteiger partial charge in [0, 0.05) is 0 Å². The van der Waals surface area contributed by atoms with Crippen molar-refractivity contribution in [3.05, 3.63) is 5.15 Å². The van der Waals surface area contributed by atoms with Crippen molar-refractivity contribution in [3.63, 3.8) is 0 Å². The van der Waals surface area contributed by atoms with E-state index in [1.807, 2.05) is 0 Å². The van der Waals surface area contributed by atoms with Crippen LogP contribution < -0.4 is 10.7 Å². The summed E-state index contributed by atoms with van der Waals surface area (Å²) in [5.74, 6) is 0. The van der Waals surface area contributed by atoms with Crippen LogP contribution in [-0.2, 0) is 9.13 Å². The molecule has 9 nitrogen and oxygen atoms in total. The second-order valence-corrected chi connectivity index (χ2v) is 5.75. The summed E-state index contributed by atoms with van der Waals surface area (Å²) in [7, 11) is -9.95. The van der Waals surface area contributed by atoms with Crippen LogP contribution in [-0.4, -0.2) is 35.0 Å². The third kappa shape index (κ3) is 2.79. The van der Waals surface area contributed by atoms with Crippen LogP contribution in [0.4, 0.5) is 0 Å². The van der Waals surface area contributed by atoms with E-state index in [1.165, 1.54) is 0 Å². The molecule has 0 aliphatic rings. The highest BCUT2D eigenvalue weighted by Crippen LogP contribution is 2.40. The van der Waals surface area contributed by atoms with Crippen LogP contribution in [0.5, 0.6) is 0 Å². The van der Waals surface area contributed by atoms with E-state index in [9.17, 15) is 9.13 Å². The van der Waals surface area contributed by atoms with E-state index in [0.29, 0.717) is 0 Å². The Balaban J connectivity index is 3.63. The van der Waals surface area contributed by atoms with Gasteiger partial charge in [-0.15, -0.1) is 10.2 Å². The zero-order chi connectivity index (χ0) is 11.9. The highest BCUT2D eigenvalue weighted by molar-refractivity contribution is 7.67. The Labute approximate surface area is 87.4 Å². The highest BCUT2D eigenvalue weighted by Gasteiger charge is 2.36. The lowest BCUT2D eigenvalue weighted by Gasteiger charge is -2.09. The fourth-order valence-electron chi connectivity index (χ4n) is 0.738. The van der Waals surface area contributed by atoms with Crippen LogP contribution >= 0.6 is 26.8 Å². The summed E-state index contributed by atoms with van der Waals surface area (Å²) >= 11 is 5.27. The molecular weight excluding hydrogens is 271 g/mol. The average Bonchev–Trinajstić information content (AvgIpc) is 1.99. The predicted octanol–water partition coefficient (Wildman–Crippen LogP) is -1.87. The Bertz CT molecular complexity index is 481. The first-order valence-corrected chi connectivity index (χ1v) is 6.75. The van der Waals surface area contributed by atoms with Crippen molar-refractivity contribution in [1.82, 2.24) is 15.4 Å². The van der Waals surface area contributed by atoms with Crippen LogP contribution in [0.3, 0.4) is 0 Å². The second kappa shape index (κ2) is 3.88. The van der Waals surface area contributed by atoms with E-state index in [0.717, 1.165) is 0 Å².